The maximum atomic E-state index is 5.63. The largest absolute Gasteiger partial charge is 0.493 e. The Morgan fingerprint density at radius 1 is 1.50 bits per heavy atom. The maximum absolute atomic E-state index is 5.63. The summed E-state index contributed by atoms with van der Waals surface area (Å²) in [5, 5.41) is 0. The minimum atomic E-state index is 0.692. The summed E-state index contributed by atoms with van der Waals surface area (Å²) in [6.45, 7) is 2.66. The number of thioether (sulfide) groups is 1. The first kappa shape index (κ1) is 9.26. The minimum Gasteiger partial charge on any atom is -0.493 e. The molecule has 2 N–H and O–H groups in total. The van der Waals surface area contributed by atoms with E-state index in [0.29, 0.717) is 6.61 Å². The van der Waals surface area contributed by atoms with E-state index in [9.17, 15) is 0 Å². The van der Waals surface area contributed by atoms with Crippen LogP contribution >= 0.6 is 11.8 Å². The van der Waals surface area contributed by atoms with Gasteiger partial charge in [0, 0.05) is 5.69 Å². The molecule has 0 bridgehead atoms. The van der Waals surface area contributed by atoms with Gasteiger partial charge in [0.2, 0.25) is 0 Å². The molecule has 0 radical (unpaired) electrons. The lowest BCUT2D eigenvalue weighted by Gasteiger charge is -2.08. The molecule has 0 spiro atoms. The first-order valence-corrected chi connectivity index (χ1v) is 5.06. The summed E-state index contributed by atoms with van der Waals surface area (Å²) in [7, 11) is 0. The molecule has 0 aliphatic carbocycles. The van der Waals surface area contributed by atoms with Crippen molar-refractivity contribution in [3.05, 3.63) is 18.2 Å². The first-order chi connectivity index (χ1) is 5.77. The summed E-state index contributed by atoms with van der Waals surface area (Å²) in [5.74, 6) is 0.916. The lowest BCUT2D eigenvalue weighted by molar-refractivity contribution is 0.332. The molecule has 0 unspecified atom stereocenters. The van der Waals surface area contributed by atoms with Gasteiger partial charge in [-0.3, -0.25) is 0 Å². The lowest BCUT2D eigenvalue weighted by Crippen LogP contribution is -1.94. The van der Waals surface area contributed by atoms with Crippen molar-refractivity contribution in [3.8, 4) is 5.75 Å². The van der Waals surface area contributed by atoms with Crippen LogP contribution in [0.25, 0.3) is 0 Å². The quantitative estimate of drug-likeness (QED) is 0.577. The van der Waals surface area contributed by atoms with E-state index in [4.69, 9.17) is 10.5 Å². The molecule has 0 saturated carbocycles. The van der Waals surface area contributed by atoms with Crippen molar-refractivity contribution >= 4 is 17.4 Å². The van der Waals surface area contributed by atoms with Gasteiger partial charge in [0.25, 0.3) is 0 Å². The molecule has 0 amide bonds. The summed E-state index contributed by atoms with van der Waals surface area (Å²) >= 11 is 1.64. The summed E-state index contributed by atoms with van der Waals surface area (Å²) in [4.78, 5) is 1.09. The highest BCUT2D eigenvalue weighted by Crippen LogP contribution is 2.29. The molecule has 0 saturated heterocycles. The fourth-order valence-electron chi connectivity index (χ4n) is 0.959. The van der Waals surface area contributed by atoms with Crippen LogP contribution < -0.4 is 10.5 Å². The molecule has 2 nitrogen and oxygen atoms in total. The van der Waals surface area contributed by atoms with Crippen molar-refractivity contribution in [2.45, 2.75) is 11.8 Å². The molecular formula is C9H13NOS. The second-order valence-electron chi connectivity index (χ2n) is 2.34. The van der Waals surface area contributed by atoms with Gasteiger partial charge in [-0.25, -0.2) is 0 Å². The molecule has 0 heterocycles. The Bertz CT molecular complexity index is 263. The number of nitrogens with two attached hydrogens (primary N) is 1. The molecule has 66 valence electrons. The van der Waals surface area contributed by atoms with Crippen LogP contribution in [0.1, 0.15) is 6.92 Å². The number of nitrogen functional groups attached to an aromatic ring is 1. The van der Waals surface area contributed by atoms with E-state index in [0.717, 1.165) is 16.3 Å². The van der Waals surface area contributed by atoms with Gasteiger partial charge in [0.05, 0.1) is 11.5 Å². The number of hydrogen-bond acceptors (Lipinski definition) is 3. The Balaban J connectivity index is 2.94. The minimum absolute atomic E-state index is 0.692. The summed E-state index contributed by atoms with van der Waals surface area (Å²) < 4.78 is 5.41. The third-order valence-electron chi connectivity index (χ3n) is 1.49. The zero-order valence-electron chi connectivity index (χ0n) is 7.33. The molecule has 12 heavy (non-hydrogen) atoms. The molecule has 0 aliphatic heterocycles. The second kappa shape index (κ2) is 4.26. The molecule has 1 aromatic carbocycles. The monoisotopic (exact) mass is 183 g/mol. The highest BCUT2D eigenvalue weighted by atomic mass is 32.2. The van der Waals surface area contributed by atoms with Crippen molar-refractivity contribution in [1.82, 2.24) is 0 Å². The predicted octanol–water partition coefficient (Wildman–Crippen LogP) is 2.39. The average Bonchev–Trinajstić information content (AvgIpc) is 2.08. The van der Waals surface area contributed by atoms with Crippen molar-refractivity contribution in [2.24, 2.45) is 0 Å². The topological polar surface area (TPSA) is 35.2 Å². The number of hydrogen-bond donors (Lipinski definition) is 1. The zero-order chi connectivity index (χ0) is 8.97. The molecular weight excluding hydrogens is 170 g/mol. The molecule has 0 atom stereocenters. The third kappa shape index (κ3) is 2.08. The van der Waals surface area contributed by atoms with Crippen LogP contribution in [-0.2, 0) is 0 Å². The van der Waals surface area contributed by atoms with Gasteiger partial charge >= 0.3 is 0 Å². The highest BCUT2D eigenvalue weighted by Gasteiger charge is 2.01. The average molecular weight is 183 g/mol. The number of anilines is 1. The lowest BCUT2D eigenvalue weighted by atomic mass is 10.3. The Morgan fingerprint density at radius 2 is 2.25 bits per heavy atom. The Hall–Kier alpha value is -0.830. The van der Waals surface area contributed by atoms with E-state index >= 15 is 0 Å². The number of ether oxygens (including phenoxy) is 1. The Kier molecular flexibility index (Phi) is 3.29. The molecule has 3 heteroatoms. The van der Waals surface area contributed by atoms with Crippen LogP contribution in [0.15, 0.2) is 23.1 Å². The van der Waals surface area contributed by atoms with Crippen molar-refractivity contribution in [2.75, 3.05) is 18.6 Å². The van der Waals surface area contributed by atoms with Gasteiger partial charge in [-0.15, -0.1) is 11.8 Å². The normalized spacial score (nSPS) is 9.83. The zero-order valence-corrected chi connectivity index (χ0v) is 8.15. The molecule has 0 aliphatic rings. The third-order valence-corrected chi connectivity index (χ3v) is 2.25. The van der Waals surface area contributed by atoms with Crippen molar-refractivity contribution in [3.63, 3.8) is 0 Å². The highest BCUT2D eigenvalue weighted by molar-refractivity contribution is 7.98. The first-order valence-electron chi connectivity index (χ1n) is 3.84. The van der Waals surface area contributed by atoms with Crippen LogP contribution in [0.2, 0.25) is 0 Å². The summed E-state index contributed by atoms with van der Waals surface area (Å²) in [6, 6.07) is 5.69. The molecule has 0 fully saturated rings. The van der Waals surface area contributed by atoms with Gasteiger partial charge in [0.1, 0.15) is 5.75 Å². The number of rotatable bonds is 3. The molecule has 1 rings (SSSR count). The molecule has 0 aromatic heterocycles. The van der Waals surface area contributed by atoms with Gasteiger partial charge in [-0.05, 0) is 31.4 Å². The van der Waals surface area contributed by atoms with Crippen LogP contribution in [0.4, 0.5) is 5.69 Å². The number of benzene rings is 1. The summed E-state index contributed by atoms with van der Waals surface area (Å²) in [6.07, 6.45) is 2.01. The van der Waals surface area contributed by atoms with E-state index in [1.165, 1.54) is 0 Å². The fraction of sp³-hybridized carbons (Fsp3) is 0.333. The predicted molar refractivity (Wildman–Crippen MR) is 53.8 cm³/mol. The van der Waals surface area contributed by atoms with Crippen LogP contribution in [-0.4, -0.2) is 12.9 Å². The van der Waals surface area contributed by atoms with E-state index in [-0.39, 0.29) is 0 Å². The van der Waals surface area contributed by atoms with Crippen molar-refractivity contribution in [1.29, 1.82) is 0 Å². The smallest absolute Gasteiger partial charge is 0.132 e. The van der Waals surface area contributed by atoms with Crippen LogP contribution in [0.3, 0.4) is 0 Å². The Labute approximate surface area is 77.1 Å². The maximum Gasteiger partial charge on any atom is 0.132 e. The SMILES string of the molecule is CCOc1ccc(N)cc1SC. The van der Waals surface area contributed by atoms with E-state index < -0.39 is 0 Å². The van der Waals surface area contributed by atoms with E-state index in [1.54, 1.807) is 11.8 Å². The van der Waals surface area contributed by atoms with E-state index in [1.807, 2.05) is 31.4 Å². The van der Waals surface area contributed by atoms with Gasteiger partial charge in [0.15, 0.2) is 0 Å². The van der Waals surface area contributed by atoms with Gasteiger partial charge in [-0.1, -0.05) is 0 Å². The van der Waals surface area contributed by atoms with Crippen LogP contribution in [0.5, 0.6) is 5.75 Å². The van der Waals surface area contributed by atoms with Gasteiger partial charge < -0.3 is 10.5 Å². The fourth-order valence-corrected chi connectivity index (χ4v) is 1.54. The standard InChI is InChI=1S/C9H13NOS/c1-3-11-8-5-4-7(10)6-9(8)12-2/h4-6H,3,10H2,1-2H3. The van der Waals surface area contributed by atoms with Gasteiger partial charge in [-0.2, -0.15) is 0 Å². The summed E-state index contributed by atoms with van der Waals surface area (Å²) in [5.41, 5.74) is 6.41. The van der Waals surface area contributed by atoms with E-state index in [2.05, 4.69) is 0 Å². The Morgan fingerprint density at radius 3 is 2.83 bits per heavy atom. The van der Waals surface area contributed by atoms with Crippen LogP contribution in [0, 0.1) is 0 Å². The second-order valence-corrected chi connectivity index (χ2v) is 3.19. The molecule has 1 aromatic rings. The van der Waals surface area contributed by atoms with Crippen molar-refractivity contribution < 1.29 is 4.74 Å².